The fourth-order valence-electron chi connectivity index (χ4n) is 2.57. The predicted octanol–water partition coefficient (Wildman–Crippen LogP) is 1.80. The number of halogens is 1. The van der Waals surface area contributed by atoms with Crippen LogP contribution in [0, 0.1) is 13.8 Å². The number of carbonyl (C=O) groups is 1. The third kappa shape index (κ3) is 3.24. The van der Waals surface area contributed by atoms with E-state index in [9.17, 15) is 9.90 Å². The third-order valence-corrected chi connectivity index (χ3v) is 4.54. The van der Waals surface area contributed by atoms with E-state index in [1.54, 1.807) is 6.92 Å². The Balaban J connectivity index is 2.02. The van der Waals surface area contributed by atoms with Gasteiger partial charge in [0.1, 0.15) is 11.5 Å². The molecule has 6 heteroatoms. The van der Waals surface area contributed by atoms with E-state index in [-0.39, 0.29) is 12.0 Å². The highest BCUT2D eigenvalue weighted by Crippen LogP contribution is 2.28. The lowest BCUT2D eigenvalue weighted by Gasteiger charge is -2.35. The Morgan fingerprint density at radius 1 is 1.30 bits per heavy atom. The van der Waals surface area contributed by atoms with Crippen LogP contribution in [-0.4, -0.2) is 59.6 Å². The molecule has 0 saturated carbocycles. The van der Waals surface area contributed by atoms with Gasteiger partial charge in [-0.05, 0) is 36.7 Å². The number of furan rings is 1. The van der Waals surface area contributed by atoms with Crippen molar-refractivity contribution in [3.8, 4) is 0 Å². The maximum Gasteiger partial charge on any atom is 0.258 e. The first kappa shape index (κ1) is 15.5. The molecule has 1 atom stereocenters. The van der Waals surface area contributed by atoms with Gasteiger partial charge < -0.3 is 14.4 Å². The van der Waals surface area contributed by atoms with Gasteiger partial charge in [-0.3, -0.25) is 9.69 Å². The van der Waals surface area contributed by atoms with E-state index in [1.807, 2.05) is 18.7 Å². The molecule has 1 aromatic rings. The standard InChI is InChI=1S/C14H21BrN2O3/c1-9(18)8-16-4-6-17(7-5-16)14(19)12-10(2)20-11(3)13(12)15/h9,18H,4-8H2,1-3H3/t9-/m0/s1. The Bertz CT molecular complexity index is 491. The van der Waals surface area contributed by atoms with Crippen LogP contribution < -0.4 is 0 Å². The molecule has 0 unspecified atom stereocenters. The van der Waals surface area contributed by atoms with E-state index in [4.69, 9.17) is 4.42 Å². The Labute approximate surface area is 127 Å². The van der Waals surface area contributed by atoms with Crippen molar-refractivity contribution < 1.29 is 14.3 Å². The molecule has 1 aromatic heterocycles. The number of amides is 1. The second kappa shape index (κ2) is 6.28. The predicted molar refractivity (Wildman–Crippen MR) is 79.9 cm³/mol. The molecule has 112 valence electrons. The second-order valence-corrected chi connectivity index (χ2v) is 6.14. The van der Waals surface area contributed by atoms with Crippen LogP contribution in [0.4, 0.5) is 0 Å². The first-order valence-electron chi connectivity index (χ1n) is 6.85. The van der Waals surface area contributed by atoms with Crippen LogP contribution in [0.15, 0.2) is 8.89 Å². The summed E-state index contributed by atoms with van der Waals surface area (Å²) in [5.41, 5.74) is 0.631. The van der Waals surface area contributed by atoms with Crippen molar-refractivity contribution in [2.75, 3.05) is 32.7 Å². The number of hydrogen-bond donors (Lipinski definition) is 1. The minimum Gasteiger partial charge on any atom is -0.465 e. The zero-order chi connectivity index (χ0) is 14.9. The lowest BCUT2D eigenvalue weighted by atomic mass is 10.2. The van der Waals surface area contributed by atoms with Crippen LogP contribution in [0.25, 0.3) is 0 Å². The summed E-state index contributed by atoms with van der Waals surface area (Å²) in [7, 11) is 0. The summed E-state index contributed by atoms with van der Waals surface area (Å²) in [6, 6.07) is 0. The highest BCUT2D eigenvalue weighted by Gasteiger charge is 2.27. The number of aryl methyl sites for hydroxylation is 2. The molecular weight excluding hydrogens is 324 g/mol. The van der Waals surface area contributed by atoms with E-state index in [2.05, 4.69) is 20.8 Å². The van der Waals surface area contributed by atoms with Gasteiger partial charge in [-0.15, -0.1) is 0 Å². The molecule has 1 fully saturated rings. The molecule has 1 amide bonds. The van der Waals surface area contributed by atoms with Crippen LogP contribution in [0.5, 0.6) is 0 Å². The molecule has 1 saturated heterocycles. The first-order chi connectivity index (χ1) is 9.40. The van der Waals surface area contributed by atoms with Crippen molar-refractivity contribution in [1.82, 2.24) is 9.80 Å². The molecule has 2 rings (SSSR count). The maximum atomic E-state index is 12.6. The molecule has 0 radical (unpaired) electrons. The van der Waals surface area contributed by atoms with Gasteiger partial charge in [0.2, 0.25) is 0 Å². The number of β-amino-alcohol motifs (C(OH)–C–C–N with tert-alkyl or cyclic N) is 1. The van der Waals surface area contributed by atoms with Crippen LogP contribution >= 0.6 is 15.9 Å². The average molecular weight is 345 g/mol. The summed E-state index contributed by atoms with van der Waals surface area (Å²) >= 11 is 3.43. The molecule has 1 N–H and O–H groups in total. The van der Waals surface area contributed by atoms with Gasteiger partial charge in [0.25, 0.3) is 5.91 Å². The Hall–Kier alpha value is -0.850. The number of nitrogens with zero attached hydrogens (tertiary/aromatic N) is 2. The Morgan fingerprint density at radius 2 is 1.90 bits per heavy atom. The summed E-state index contributed by atoms with van der Waals surface area (Å²) < 4.78 is 6.25. The second-order valence-electron chi connectivity index (χ2n) is 5.35. The molecule has 0 aromatic carbocycles. The van der Waals surface area contributed by atoms with Gasteiger partial charge in [0.15, 0.2) is 0 Å². The van der Waals surface area contributed by atoms with Gasteiger partial charge in [0.05, 0.1) is 16.1 Å². The smallest absolute Gasteiger partial charge is 0.258 e. The van der Waals surface area contributed by atoms with Crippen molar-refractivity contribution >= 4 is 21.8 Å². The normalized spacial score (nSPS) is 18.4. The van der Waals surface area contributed by atoms with E-state index in [0.717, 1.165) is 23.3 Å². The molecule has 0 aliphatic carbocycles. The quantitative estimate of drug-likeness (QED) is 0.908. The van der Waals surface area contributed by atoms with Gasteiger partial charge in [-0.25, -0.2) is 0 Å². The molecule has 1 aliphatic heterocycles. The average Bonchev–Trinajstić information content (AvgIpc) is 2.63. The third-order valence-electron chi connectivity index (χ3n) is 3.58. The molecule has 0 bridgehead atoms. The SMILES string of the molecule is Cc1oc(C)c(C(=O)N2CCN(C[C@H](C)O)CC2)c1Br. The first-order valence-corrected chi connectivity index (χ1v) is 7.64. The van der Waals surface area contributed by atoms with Crippen LogP contribution in [0.3, 0.4) is 0 Å². The molecular formula is C14H21BrN2O3. The number of carbonyl (C=O) groups excluding carboxylic acids is 1. The topological polar surface area (TPSA) is 56.9 Å². The minimum atomic E-state index is -0.329. The molecule has 5 nitrogen and oxygen atoms in total. The summed E-state index contributed by atoms with van der Waals surface area (Å²) in [5, 5.41) is 9.39. The summed E-state index contributed by atoms with van der Waals surface area (Å²) in [4.78, 5) is 16.6. The van der Waals surface area contributed by atoms with Crippen LogP contribution in [0.1, 0.15) is 28.8 Å². The van der Waals surface area contributed by atoms with Gasteiger partial charge >= 0.3 is 0 Å². The van der Waals surface area contributed by atoms with Gasteiger partial charge in [0, 0.05) is 32.7 Å². The van der Waals surface area contributed by atoms with E-state index >= 15 is 0 Å². The van der Waals surface area contributed by atoms with Gasteiger partial charge in [-0.2, -0.15) is 0 Å². The maximum absolute atomic E-state index is 12.6. The van der Waals surface area contributed by atoms with Crippen molar-refractivity contribution in [3.63, 3.8) is 0 Å². The molecule has 0 spiro atoms. The van der Waals surface area contributed by atoms with Crippen molar-refractivity contribution in [2.24, 2.45) is 0 Å². The zero-order valence-electron chi connectivity index (χ0n) is 12.1. The minimum absolute atomic E-state index is 0.0166. The number of aliphatic hydroxyl groups excluding tert-OH is 1. The highest BCUT2D eigenvalue weighted by molar-refractivity contribution is 9.10. The van der Waals surface area contributed by atoms with Crippen LogP contribution in [0.2, 0.25) is 0 Å². The Kier molecular flexibility index (Phi) is 4.88. The Morgan fingerprint density at radius 3 is 2.35 bits per heavy atom. The van der Waals surface area contributed by atoms with Crippen molar-refractivity contribution in [2.45, 2.75) is 26.9 Å². The largest absolute Gasteiger partial charge is 0.465 e. The number of piperazine rings is 1. The monoisotopic (exact) mass is 344 g/mol. The summed E-state index contributed by atoms with van der Waals surface area (Å²) in [5.74, 6) is 1.41. The lowest BCUT2D eigenvalue weighted by Crippen LogP contribution is -2.50. The molecule has 2 heterocycles. The number of aliphatic hydroxyl groups is 1. The van der Waals surface area contributed by atoms with Crippen molar-refractivity contribution in [1.29, 1.82) is 0 Å². The molecule has 20 heavy (non-hydrogen) atoms. The highest BCUT2D eigenvalue weighted by atomic mass is 79.9. The van der Waals surface area contributed by atoms with Crippen molar-refractivity contribution in [3.05, 3.63) is 21.6 Å². The number of rotatable bonds is 3. The van der Waals surface area contributed by atoms with Crippen LogP contribution in [-0.2, 0) is 0 Å². The van der Waals surface area contributed by atoms with E-state index < -0.39 is 0 Å². The van der Waals surface area contributed by atoms with E-state index in [1.165, 1.54) is 0 Å². The van der Waals surface area contributed by atoms with E-state index in [0.29, 0.717) is 31.0 Å². The van der Waals surface area contributed by atoms with Gasteiger partial charge in [-0.1, -0.05) is 0 Å². The lowest BCUT2D eigenvalue weighted by molar-refractivity contribution is 0.0552. The fourth-order valence-corrected chi connectivity index (χ4v) is 3.10. The fraction of sp³-hybridized carbons (Fsp3) is 0.643. The zero-order valence-corrected chi connectivity index (χ0v) is 13.7. The summed E-state index contributed by atoms with van der Waals surface area (Å²) in [6.07, 6.45) is -0.329. The number of hydrogen-bond acceptors (Lipinski definition) is 4. The molecule has 1 aliphatic rings. The summed E-state index contributed by atoms with van der Waals surface area (Å²) in [6.45, 7) is 9.06.